The average molecular weight is 709 g/mol. The van der Waals surface area contributed by atoms with Gasteiger partial charge in [0.15, 0.2) is 0 Å². The molecule has 1 saturated heterocycles. The van der Waals surface area contributed by atoms with Crippen molar-refractivity contribution in [2.45, 2.75) is 107 Å². The van der Waals surface area contributed by atoms with Crippen molar-refractivity contribution in [2.24, 2.45) is 5.92 Å². The smallest absolute Gasteiger partial charge is 0.408 e. The van der Waals surface area contributed by atoms with Gasteiger partial charge in [-0.15, -0.1) is 10.2 Å². The van der Waals surface area contributed by atoms with E-state index in [0.29, 0.717) is 38.1 Å². The fourth-order valence-corrected chi connectivity index (χ4v) is 7.80. The van der Waals surface area contributed by atoms with Gasteiger partial charge in [0, 0.05) is 31.0 Å². The van der Waals surface area contributed by atoms with Crippen molar-refractivity contribution >= 4 is 23.8 Å². The molecule has 2 saturated carbocycles. The quantitative estimate of drug-likeness (QED) is 0.293. The first-order chi connectivity index (χ1) is 25.4. The molecule has 4 amide bonds. The summed E-state index contributed by atoms with van der Waals surface area (Å²) < 4.78 is 5.69. The van der Waals surface area contributed by atoms with E-state index in [1.165, 1.54) is 9.70 Å². The average Bonchev–Trinajstić information content (AvgIpc) is 3.64. The number of hydrogen-bond donors (Lipinski definition) is 3. The van der Waals surface area contributed by atoms with Crippen LogP contribution < -0.4 is 16.0 Å². The minimum Gasteiger partial charge on any atom is -0.446 e. The molecule has 3 fully saturated rings. The molecule has 7 rings (SSSR count). The van der Waals surface area contributed by atoms with E-state index < -0.39 is 35.7 Å². The van der Waals surface area contributed by atoms with Crippen molar-refractivity contribution in [1.82, 2.24) is 41.1 Å². The molecule has 3 N–H and O–H groups in total. The molecule has 1 unspecified atom stereocenters. The lowest BCUT2D eigenvalue weighted by Gasteiger charge is -2.30. The van der Waals surface area contributed by atoms with Crippen LogP contribution in [0.15, 0.2) is 72.8 Å². The van der Waals surface area contributed by atoms with Gasteiger partial charge in [-0.25, -0.2) is 4.79 Å². The first kappa shape index (κ1) is 35.3. The Kier molecular flexibility index (Phi) is 10.9. The van der Waals surface area contributed by atoms with Gasteiger partial charge in [-0.1, -0.05) is 85.7 Å². The lowest BCUT2D eigenvalue weighted by atomic mass is 10.0. The van der Waals surface area contributed by atoms with Crippen LogP contribution in [0.1, 0.15) is 82.2 Å². The predicted molar refractivity (Wildman–Crippen MR) is 192 cm³/mol. The molecule has 5 atom stereocenters. The minimum absolute atomic E-state index is 0.136. The van der Waals surface area contributed by atoms with Crippen molar-refractivity contribution in [2.75, 3.05) is 13.1 Å². The predicted octanol–water partition coefficient (Wildman–Crippen LogP) is 4.27. The van der Waals surface area contributed by atoms with E-state index in [0.717, 1.165) is 56.1 Å². The Labute approximate surface area is 303 Å². The summed E-state index contributed by atoms with van der Waals surface area (Å²) >= 11 is 0. The van der Waals surface area contributed by atoms with Crippen molar-refractivity contribution in [3.05, 3.63) is 78.4 Å². The largest absolute Gasteiger partial charge is 0.446 e. The third kappa shape index (κ3) is 8.18. The van der Waals surface area contributed by atoms with Crippen molar-refractivity contribution in [3.8, 4) is 11.4 Å². The normalized spacial score (nSPS) is 26.7. The number of ether oxygens (including phenoxy) is 1. The highest BCUT2D eigenvalue weighted by molar-refractivity contribution is 5.98. The van der Waals surface area contributed by atoms with Crippen LogP contribution in [0.4, 0.5) is 4.79 Å². The lowest BCUT2D eigenvalue weighted by Crippen LogP contribution is -2.58. The molecule has 52 heavy (non-hydrogen) atoms. The van der Waals surface area contributed by atoms with Gasteiger partial charge < -0.3 is 25.6 Å². The Morgan fingerprint density at radius 1 is 0.942 bits per heavy atom. The molecule has 3 aromatic rings. The second kappa shape index (κ2) is 16.1. The summed E-state index contributed by atoms with van der Waals surface area (Å²) in [5.41, 5.74) is 0.789. The van der Waals surface area contributed by atoms with Gasteiger partial charge in [0.2, 0.25) is 23.5 Å². The summed E-state index contributed by atoms with van der Waals surface area (Å²) in [6.45, 7) is 0.565. The molecule has 13 nitrogen and oxygen atoms in total. The summed E-state index contributed by atoms with van der Waals surface area (Å²) in [5, 5.41) is 22.2. The zero-order chi connectivity index (χ0) is 35.9. The van der Waals surface area contributed by atoms with Gasteiger partial charge in [-0.05, 0) is 68.6 Å². The monoisotopic (exact) mass is 708 g/mol. The topological polar surface area (TPSA) is 160 Å². The molecule has 13 heteroatoms. The van der Waals surface area contributed by atoms with E-state index in [1.807, 2.05) is 66.7 Å². The van der Waals surface area contributed by atoms with E-state index in [9.17, 15) is 19.2 Å². The van der Waals surface area contributed by atoms with Gasteiger partial charge in [-0.3, -0.25) is 14.4 Å². The number of fused-ring (bicyclic) bond motifs is 2. The van der Waals surface area contributed by atoms with Crippen LogP contribution in [0.3, 0.4) is 0 Å². The molecule has 4 aliphatic rings. The van der Waals surface area contributed by atoms with Crippen LogP contribution in [0.5, 0.6) is 0 Å². The highest BCUT2D eigenvalue weighted by Gasteiger charge is 2.61. The maximum Gasteiger partial charge on any atom is 0.408 e. The number of rotatable bonds is 8. The molecule has 2 aromatic carbocycles. The fraction of sp³-hybridized carbons (Fsp3) is 0.513. The molecular formula is C39H48N8O5. The highest BCUT2D eigenvalue weighted by atomic mass is 16.6. The van der Waals surface area contributed by atoms with E-state index in [1.54, 1.807) is 0 Å². The van der Waals surface area contributed by atoms with Gasteiger partial charge in [0.1, 0.15) is 23.7 Å². The van der Waals surface area contributed by atoms with Crippen LogP contribution in [-0.2, 0) is 25.5 Å². The van der Waals surface area contributed by atoms with E-state index in [-0.39, 0.29) is 36.8 Å². The first-order valence-electron chi connectivity index (χ1n) is 18.8. The van der Waals surface area contributed by atoms with Gasteiger partial charge in [-0.2, -0.15) is 4.80 Å². The fourth-order valence-electron chi connectivity index (χ4n) is 7.80. The number of nitrogens with one attached hydrogen (secondary N) is 3. The number of alkyl carbamates (subject to hydrolysis) is 1. The number of carbonyl (C=O) groups excluding carboxylic acids is 4. The Morgan fingerprint density at radius 3 is 2.48 bits per heavy atom. The second-order valence-corrected chi connectivity index (χ2v) is 14.5. The van der Waals surface area contributed by atoms with Crippen LogP contribution in [0.2, 0.25) is 0 Å². The van der Waals surface area contributed by atoms with Crippen molar-refractivity contribution in [3.63, 3.8) is 0 Å². The van der Waals surface area contributed by atoms with Crippen molar-refractivity contribution in [1.29, 1.82) is 0 Å². The minimum atomic E-state index is -1.12. The third-order valence-electron chi connectivity index (χ3n) is 10.9. The van der Waals surface area contributed by atoms with E-state index in [2.05, 4.69) is 37.4 Å². The standard InChI is InChI=1S/C39H48N8O5/c48-35-33-24-30(47-44-34(43-45-47)28-16-8-5-9-17-28)26-46(33)36(49)32(41-38(51)52-31-19-12-13-20-31)21-11-3-1-2-10-18-29-25-39(29,42-35)37(50)40-23-22-27-14-6-4-7-15-27/h4-10,14-18,29-33H,1-3,11-13,19-26H2,(H,40,50)(H,41,51)(H,42,48)/t29?,30-,32+,33+,39-/m1/s1. The molecule has 274 valence electrons. The number of benzene rings is 2. The Balaban J connectivity index is 1.13. The number of carbonyl (C=O) groups is 4. The number of aromatic nitrogens is 4. The van der Waals surface area contributed by atoms with Crippen LogP contribution in [0, 0.1) is 5.92 Å². The lowest BCUT2D eigenvalue weighted by molar-refractivity contribution is -0.141. The molecular weight excluding hydrogens is 660 g/mol. The van der Waals surface area contributed by atoms with Crippen LogP contribution >= 0.6 is 0 Å². The van der Waals surface area contributed by atoms with Crippen LogP contribution in [-0.4, -0.2) is 85.7 Å². The summed E-state index contributed by atoms with van der Waals surface area (Å²) in [7, 11) is 0. The zero-order valence-electron chi connectivity index (χ0n) is 29.5. The SMILES string of the molecule is O=C(N[C@H]1CCCCCC=CC2C[C@@]2(C(=O)NCCc2ccccc2)NC(=O)[C@@H]2C[C@@H](n3nnc(-c4ccccc4)n3)CN2C1=O)OC1CCCC1. The maximum absolute atomic E-state index is 14.5. The first-order valence-corrected chi connectivity index (χ1v) is 18.8. The summed E-state index contributed by atoms with van der Waals surface area (Å²) in [5.74, 6) is -0.743. The van der Waals surface area contributed by atoms with E-state index in [4.69, 9.17) is 4.74 Å². The maximum atomic E-state index is 14.5. The Hall–Kier alpha value is -5.07. The van der Waals surface area contributed by atoms with E-state index >= 15 is 0 Å². The molecule has 2 aliphatic heterocycles. The van der Waals surface area contributed by atoms with Gasteiger partial charge >= 0.3 is 6.09 Å². The Bertz CT molecular complexity index is 1740. The molecule has 0 spiro atoms. The zero-order valence-corrected chi connectivity index (χ0v) is 29.5. The summed E-state index contributed by atoms with van der Waals surface area (Å²) in [6.07, 6.45) is 12.1. The molecule has 3 heterocycles. The Morgan fingerprint density at radius 2 is 1.69 bits per heavy atom. The molecule has 0 bridgehead atoms. The number of hydrogen-bond acceptors (Lipinski definition) is 8. The molecule has 1 aromatic heterocycles. The number of amides is 4. The van der Waals surface area contributed by atoms with Gasteiger partial charge in [0.05, 0.1) is 6.04 Å². The van der Waals surface area contributed by atoms with Crippen molar-refractivity contribution < 1.29 is 23.9 Å². The number of allylic oxidation sites excluding steroid dienone is 1. The summed E-state index contributed by atoms with van der Waals surface area (Å²) in [6, 6.07) is 17.1. The van der Waals surface area contributed by atoms with Crippen LogP contribution in [0.25, 0.3) is 11.4 Å². The number of nitrogens with zero attached hydrogens (tertiary/aromatic N) is 5. The molecule has 0 radical (unpaired) electrons. The summed E-state index contributed by atoms with van der Waals surface area (Å²) in [4.78, 5) is 58.8. The third-order valence-corrected chi connectivity index (χ3v) is 10.9. The van der Waals surface area contributed by atoms with Gasteiger partial charge in [0.25, 0.3) is 0 Å². The molecule has 2 aliphatic carbocycles. The second-order valence-electron chi connectivity index (χ2n) is 14.5. The highest BCUT2D eigenvalue weighted by Crippen LogP contribution is 2.45. The number of tetrazole rings is 1.